The van der Waals surface area contributed by atoms with Crippen LogP contribution in [0.1, 0.15) is 37.8 Å². The highest BCUT2D eigenvalue weighted by Crippen LogP contribution is 2.13. The van der Waals surface area contributed by atoms with Crippen molar-refractivity contribution in [1.29, 1.82) is 0 Å². The molecule has 110 valence electrons. The fourth-order valence-electron chi connectivity index (χ4n) is 2.22. The van der Waals surface area contributed by atoms with Gasteiger partial charge in [-0.25, -0.2) is 0 Å². The highest BCUT2D eigenvalue weighted by atomic mass is 16.2. The standard InChI is InChI=1S/C16H24N2O2/c1-5-13(6-2)16(20)17-10-15(19)18-14-8-11(3)7-12(4)9-14/h7-9,13H,5-6,10H2,1-4H3,(H,17,20)(H,18,19). The van der Waals surface area contributed by atoms with E-state index in [1.165, 1.54) is 0 Å². The first kappa shape index (κ1) is 16.2. The Morgan fingerprint density at radius 2 is 1.60 bits per heavy atom. The van der Waals surface area contributed by atoms with Gasteiger partial charge in [-0.15, -0.1) is 0 Å². The molecule has 0 aliphatic carbocycles. The van der Waals surface area contributed by atoms with Crippen molar-refractivity contribution in [1.82, 2.24) is 5.32 Å². The number of anilines is 1. The predicted octanol–water partition coefficient (Wildman–Crippen LogP) is 2.79. The number of carbonyl (C=O) groups excluding carboxylic acids is 2. The van der Waals surface area contributed by atoms with E-state index in [9.17, 15) is 9.59 Å². The summed E-state index contributed by atoms with van der Waals surface area (Å²) in [6.45, 7) is 7.93. The molecule has 2 amide bonds. The quantitative estimate of drug-likeness (QED) is 0.839. The van der Waals surface area contributed by atoms with E-state index in [1.54, 1.807) is 0 Å². The molecule has 0 atom stereocenters. The molecule has 0 heterocycles. The van der Waals surface area contributed by atoms with E-state index in [2.05, 4.69) is 10.6 Å². The van der Waals surface area contributed by atoms with Crippen molar-refractivity contribution in [3.8, 4) is 0 Å². The minimum atomic E-state index is -0.200. The van der Waals surface area contributed by atoms with Crippen molar-refractivity contribution in [2.24, 2.45) is 5.92 Å². The number of nitrogens with one attached hydrogen (secondary N) is 2. The van der Waals surface area contributed by atoms with E-state index in [-0.39, 0.29) is 24.3 Å². The molecule has 0 saturated heterocycles. The summed E-state index contributed by atoms with van der Waals surface area (Å²) in [5.41, 5.74) is 2.96. The molecule has 0 bridgehead atoms. The van der Waals surface area contributed by atoms with Crippen LogP contribution in [-0.2, 0) is 9.59 Å². The number of aryl methyl sites for hydroxylation is 2. The first-order chi connectivity index (χ1) is 9.46. The highest BCUT2D eigenvalue weighted by molar-refractivity contribution is 5.94. The van der Waals surface area contributed by atoms with E-state index in [4.69, 9.17) is 0 Å². The summed E-state index contributed by atoms with van der Waals surface area (Å²) in [6.07, 6.45) is 1.59. The lowest BCUT2D eigenvalue weighted by atomic mass is 10.0. The maximum Gasteiger partial charge on any atom is 0.243 e. The summed E-state index contributed by atoms with van der Waals surface area (Å²) >= 11 is 0. The van der Waals surface area contributed by atoms with Crippen LogP contribution in [0.25, 0.3) is 0 Å². The maximum absolute atomic E-state index is 11.8. The number of hydrogen-bond acceptors (Lipinski definition) is 2. The van der Waals surface area contributed by atoms with Crippen LogP contribution in [0.4, 0.5) is 5.69 Å². The smallest absolute Gasteiger partial charge is 0.243 e. The molecule has 1 aromatic carbocycles. The zero-order valence-electron chi connectivity index (χ0n) is 12.7. The minimum Gasteiger partial charge on any atom is -0.347 e. The van der Waals surface area contributed by atoms with Crippen LogP contribution in [0.2, 0.25) is 0 Å². The van der Waals surface area contributed by atoms with Gasteiger partial charge in [0, 0.05) is 11.6 Å². The highest BCUT2D eigenvalue weighted by Gasteiger charge is 2.14. The first-order valence-corrected chi connectivity index (χ1v) is 7.12. The Morgan fingerprint density at radius 1 is 1.05 bits per heavy atom. The van der Waals surface area contributed by atoms with Crippen LogP contribution in [0, 0.1) is 19.8 Å². The molecule has 20 heavy (non-hydrogen) atoms. The lowest BCUT2D eigenvalue weighted by molar-refractivity contribution is -0.127. The molecular weight excluding hydrogens is 252 g/mol. The molecule has 0 fully saturated rings. The van der Waals surface area contributed by atoms with Gasteiger partial charge in [-0.2, -0.15) is 0 Å². The summed E-state index contributed by atoms with van der Waals surface area (Å²) < 4.78 is 0. The second-order valence-electron chi connectivity index (χ2n) is 5.16. The largest absolute Gasteiger partial charge is 0.347 e. The zero-order valence-corrected chi connectivity index (χ0v) is 12.7. The Balaban J connectivity index is 2.50. The van der Waals surface area contributed by atoms with Crippen LogP contribution in [0.15, 0.2) is 18.2 Å². The van der Waals surface area contributed by atoms with Crippen molar-refractivity contribution >= 4 is 17.5 Å². The molecule has 0 aromatic heterocycles. The Bertz CT molecular complexity index is 459. The maximum atomic E-state index is 11.8. The molecule has 4 nitrogen and oxygen atoms in total. The van der Waals surface area contributed by atoms with Crippen molar-refractivity contribution in [3.63, 3.8) is 0 Å². The molecule has 0 unspecified atom stereocenters. The van der Waals surface area contributed by atoms with E-state index in [0.29, 0.717) is 0 Å². The van der Waals surface area contributed by atoms with Crippen molar-refractivity contribution in [3.05, 3.63) is 29.3 Å². The molecule has 1 rings (SSSR count). The van der Waals surface area contributed by atoms with Gasteiger partial charge in [0.2, 0.25) is 11.8 Å². The number of benzene rings is 1. The Labute approximate surface area is 121 Å². The zero-order chi connectivity index (χ0) is 15.1. The molecule has 0 radical (unpaired) electrons. The lowest BCUT2D eigenvalue weighted by Crippen LogP contribution is -2.36. The summed E-state index contributed by atoms with van der Waals surface area (Å²) in [5, 5.41) is 5.48. The van der Waals surface area contributed by atoms with E-state index >= 15 is 0 Å². The monoisotopic (exact) mass is 276 g/mol. The first-order valence-electron chi connectivity index (χ1n) is 7.12. The molecule has 0 saturated carbocycles. The van der Waals surface area contributed by atoms with Gasteiger partial charge in [-0.1, -0.05) is 19.9 Å². The number of carbonyl (C=O) groups is 2. The third kappa shape index (κ3) is 5.03. The van der Waals surface area contributed by atoms with Gasteiger partial charge in [0.25, 0.3) is 0 Å². The van der Waals surface area contributed by atoms with Crippen LogP contribution in [0.3, 0.4) is 0 Å². The van der Waals surface area contributed by atoms with Crippen LogP contribution in [-0.4, -0.2) is 18.4 Å². The summed E-state index contributed by atoms with van der Waals surface area (Å²) in [4.78, 5) is 23.6. The van der Waals surface area contributed by atoms with Gasteiger partial charge in [-0.3, -0.25) is 9.59 Å². The molecule has 0 aliphatic heterocycles. The second-order valence-corrected chi connectivity index (χ2v) is 5.16. The van der Waals surface area contributed by atoms with Crippen molar-refractivity contribution in [2.75, 3.05) is 11.9 Å². The molecular formula is C16H24N2O2. The Kier molecular flexibility index (Phi) is 6.22. The number of amides is 2. The van der Waals surface area contributed by atoms with E-state index < -0.39 is 0 Å². The van der Waals surface area contributed by atoms with Gasteiger partial charge in [0.15, 0.2) is 0 Å². The lowest BCUT2D eigenvalue weighted by Gasteiger charge is -2.13. The molecule has 4 heteroatoms. The van der Waals surface area contributed by atoms with Crippen LogP contribution < -0.4 is 10.6 Å². The Morgan fingerprint density at radius 3 is 2.10 bits per heavy atom. The van der Waals surface area contributed by atoms with E-state index in [0.717, 1.165) is 29.7 Å². The summed E-state index contributed by atoms with van der Waals surface area (Å²) in [6, 6.07) is 5.87. The second kappa shape index (κ2) is 7.68. The Hall–Kier alpha value is -1.84. The van der Waals surface area contributed by atoms with Crippen LogP contribution >= 0.6 is 0 Å². The topological polar surface area (TPSA) is 58.2 Å². The summed E-state index contributed by atoms with van der Waals surface area (Å²) in [7, 11) is 0. The van der Waals surface area contributed by atoms with E-state index in [1.807, 2.05) is 45.9 Å². The average molecular weight is 276 g/mol. The fraction of sp³-hybridized carbons (Fsp3) is 0.500. The normalized spacial score (nSPS) is 10.4. The SMILES string of the molecule is CCC(CC)C(=O)NCC(=O)Nc1cc(C)cc(C)c1. The molecule has 1 aromatic rings. The fourth-order valence-corrected chi connectivity index (χ4v) is 2.22. The van der Waals surface area contributed by atoms with Gasteiger partial charge in [0.1, 0.15) is 0 Å². The predicted molar refractivity (Wildman–Crippen MR) is 81.6 cm³/mol. The minimum absolute atomic E-state index is 0.0102. The third-order valence-electron chi connectivity index (χ3n) is 3.29. The molecule has 0 spiro atoms. The molecule has 2 N–H and O–H groups in total. The van der Waals surface area contributed by atoms with Gasteiger partial charge < -0.3 is 10.6 Å². The van der Waals surface area contributed by atoms with Gasteiger partial charge in [-0.05, 0) is 49.9 Å². The third-order valence-corrected chi connectivity index (χ3v) is 3.29. The molecule has 0 aliphatic rings. The van der Waals surface area contributed by atoms with Crippen LogP contribution in [0.5, 0.6) is 0 Å². The number of hydrogen-bond donors (Lipinski definition) is 2. The van der Waals surface area contributed by atoms with Crippen molar-refractivity contribution in [2.45, 2.75) is 40.5 Å². The summed E-state index contributed by atoms with van der Waals surface area (Å²) in [5.74, 6) is -0.260. The van der Waals surface area contributed by atoms with Gasteiger partial charge >= 0.3 is 0 Å². The van der Waals surface area contributed by atoms with Gasteiger partial charge in [0.05, 0.1) is 6.54 Å². The average Bonchev–Trinajstić information content (AvgIpc) is 2.36. The number of rotatable bonds is 6. The van der Waals surface area contributed by atoms with Crippen molar-refractivity contribution < 1.29 is 9.59 Å².